The van der Waals surface area contributed by atoms with Gasteiger partial charge in [0.1, 0.15) is 5.82 Å². The molecule has 0 fully saturated rings. The molecule has 1 N–H and O–H groups in total. The van der Waals surface area contributed by atoms with Gasteiger partial charge in [0.25, 0.3) is 0 Å². The van der Waals surface area contributed by atoms with Crippen molar-refractivity contribution in [2.75, 3.05) is 18.1 Å². The number of halogens is 3. The quantitative estimate of drug-likeness (QED) is 0.816. The normalized spacial score (nSPS) is 13.5. The third-order valence-electron chi connectivity index (χ3n) is 2.82. The molecule has 0 heterocycles. The number of hydrogen-bond acceptors (Lipinski definition) is 3. The van der Waals surface area contributed by atoms with Crippen LogP contribution in [0.15, 0.2) is 12.1 Å². The van der Waals surface area contributed by atoms with E-state index in [-0.39, 0.29) is 29.1 Å². The molecule has 1 aromatic carbocycles. The molecule has 0 amide bonds. The van der Waals surface area contributed by atoms with E-state index in [4.69, 9.17) is 23.2 Å². The van der Waals surface area contributed by atoms with E-state index in [1.807, 2.05) is 0 Å². The van der Waals surface area contributed by atoms with Crippen LogP contribution in [0.1, 0.15) is 25.5 Å². The van der Waals surface area contributed by atoms with Gasteiger partial charge in [0, 0.05) is 28.9 Å². The highest BCUT2D eigenvalue weighted by Gasteiger charge is 2.17. The Bertz CT molecular complexity index is 549. The summed E-state index contributed by atoms with van der Waals surface area (Å²) in [5, 5.41) is 3.30. The number of nitrogens with one attached hydrogen (secondary N) is 1. The second kappa shape index (κ2) is 6.88. The largest absolute Gasteiger partial charge is 0.309 e. The van der Waals surface area contributed by atoms with Crippen LogP contribution in [0.25, 0.3) is 0 Å². The first-order valence-electron chi connectivity index (χ1n) is 5.85. The summed E-state index contributed by atoms with van der Waals surface area (Å²) < 4.78 is 36.1. The molecule has 1 unspecified atom stereocenters. The summed E-state index contributed by atoms with van der Waals surface area (Å²) >= 11 is 11.9. The van der Waals surface area contributed by atoms with Gasteiger partial charge >= 0.3 is 0 Å². The highest BCUT2D eigenvalue weighted by Crippen LogP contribution is 2.32. The maximum atomic E-state index is 13.4. The molecule has 1 aromatic rings. The second-order valence-electron chi connectivity index (χ2n) is 4.17. The molecule has 0 aliphatic carbocycles. The molecular weight excluding hydrogens is 312 g/mol. The Morgan fingerprint density at radius 2 is 2.00 bits per heavy atom. The molecule has 19 heavy (non-hydrogen) atoms. The van der Waals surface area contributed by atoms with Crippen LogP contribution in [0, 0.1) is 5.82 Å². The van der Waals surface area contributed by atoms with Gasteiger partial charge in [0.15, 0.2) is 9.84 Å². The molecule has 0 bridgehead atoms. The molecule has 1 atom stereocenters. The summed E-state index contributed by atoms with van der Waals surface area (Å²) in [6.45, 7) is 3.62. The van der Waals surface area contributed by atoms with Gasteiger partial charge in [-0.05, 0) is 19.1 Å². The van der Waals surface area contributed by atoms with Crippen LogP contribution in [0.2, 0.25) is 10.0 Å². The standard InChI is InChI=1S/C12H16Cl2FNO2S/c1-3-19(17,18)7-6-16-8(2)11-9(13)4-5-10(15)12(11)14/h4-5,8,16H,3,6-7H2,1-2H3. The average molecular weight is 328 g/mol. The van der Waals surface area contributed by atoms with Crippen LogP contribution in [-0.4, -0.2) is 26.5 Å². The Kier molecular flexibility index (Phi) is 6.05. The fourth-order valence-corrected chi connectivity index (χ4v) is 3.03. The van der Waals surface area contributed by atoms with Crippen LogP contribution in [0.5, 0.6) is 0 Å². The Morgan fingerprint density at radius 3 is 2.58 bits per heavy atom. The zero-order valence-corrected chi connectivity index (χ0v) is 13.0. The predicted molar refractivity (Wildman–Crippen MR) is 77.2 cm³/mol. The maximum absolute atomic E-state index is 13.4. The van der Waals surface area contributed by atoms with Crippen LogP contribution in [0.4, 0.5) is 4.39 Å². The van der Waals surface area contributed by atoms with E-state index in [1.165, 1.54) is 12.1 Å². The molecule has 0 aliphatic heterocycles. The highest BCUT2D eigenvalue weighted by molar-refractivity contribution is 7.91. The van der Waals surface area contributed by atoms with Crippen molar-refractivity contribution in [1.82, 2.24) is 5.32 Å². The van der Waals surface area contributed by atoms with Crippen molar-refractivity contribution in [2.45, 2.75) is 19.9 Å². The molecule has 0 saturated carbocycles. The minimum atomic E-state index is -3.03. The summed E-state index contributed by atoms with van der Waals surface area (Å²) in [6.07, 6.45) is 0. The molecule has 0 aliphatic rings. The van der Waals surface area contributed by atoms with Gasteiger partial charge < -0.3 is 5.32 Å². The van der Waals surface area contributed by atoms with Crippen LogP contribution >= 0.6 is 23.2 Å². The summed E-state index contributed by atoms with van der Waals surface area (Å²) in [7, 11) is -3.03. The van der Waals surface area contributed by atoms with Crippen LogP contribution < -0.4 is 5.32 Å². The number of benzene rings is 1. The van der Waals surface area contributed by atoms with Crippen molar-refractivity contribution < 1.29 is 12.8 Å². The van der Waals surface area contributed by atoms with Gasteiger partial charge in [0.05, 0.1) is 10.8 Å². The zero-order chi connectivity index (χ0) is 14.6. The monoisotopic (exact) mass is 327 g/mol. The minimum Gasteiger partial charge on any atom is -0.309 e. The zero-order valence-electron chi connectivity index (χ0n) is 10.7. The van der Waals surface area contributed by atoms with Crippen molar-refractivity contribution in [3.05, 3.63) is 33.6 Å². The van der Waals surface area contributed by atoms with E-state index in [0.717, 1.165) is 0 Å². The van der Waals surface area contributed by atoms with E-state index in [2.05, 4.69) is 5.32 Å². The third-order valence-corrected chi connectivity index (χ3v) is 5.24. The summed E-state index contributed by atoms with van der Waals surface area (Å²) in [5.74, 6) is -0.418. The van der Waals surface area contributed by atoms with E-state index in [0.29, 0.717) is 10.6 Å². The predicted octanol–water partition coefficient (Wildman–Crippen LogP) is 3.22. The van der Waals surface area contributed by atoms with E-state index >= 15 is 0 Å². The van der Waals surface area contributed by atoms with Crippen molar-refractivity contribution in [1.29, 1.82) is 0 Å². The fourth-order valence-electron chi connectivity index (χ4n) is 1.62. The lowest BCUT2D eigenvalue weighted by molar-refractivity contribution is 0.567. The van der Waals surface area contributed by atoms with E-state index in [1.54, 1.807) is 13.8 Å². The van der Waals surface area contributed by atoms with E-state index < -0.39 is 15.7 Å². The highest BCUT2D eigenvalue weighted by atomic mass is 35.5. The lowest BCUT2D eigenvalue weighted by atomic mass is 10.1. The number of hydrogen-bond donors (Lipinski definition) is 1. The SMILES string of the molecule is CCS(=O)(=O)CCNC(C)c1c(Cl)ccc(F)c1Cl. The summed E-state index contributed by atoms with van der Waals surface area (Å²) in [6, 6.07) is 2.30. The Morgan fingerprint density at radius 1 is 1.37 bits per heavy atom. The first kappa shape index (κ1) is 16.7. The minimum absolute atomic E-state index is 0.0262. The Balaban J connectivity index is 2.74. The third kappa shape index (κ3) is 4.60. The summed E-state index contributed by atoms with van der Waals surface area (Å²) in [5.41, 5.74) is 0.442. The molecule has 1 rings (SSSR count). The molecule has 0 saturated heterocycles. The Labute approximate surface area is 123 Å². The van der Waals surface area contributed by atoms with E-state index in [9.17, 15) is 12.8 Å². The second-order valence-corrected chi connectivity index (χ2v) is 7.43. The Hall–Kier alpha value is -0.360. The van der Waals surface area contributed by atoms with Gasteiger partial charge in [-0.2, -0.15) is 0 Å². The average Bonchev–Trinajstić information content (AvgIpc) is 2.34. The number of rotatable bonds is 6. The van der Waals surface area contributed by atoms with Crippen LogP contribution in [-0.2, 0) is 9.84 Å². The van der Waals surface area contributed by atoms with Crippen LogP contribution in [0.3, 0.4) is 0 Å². The smallest absolute Gasteiger partial charge is 0.151 e. The van der Waals surface area contributed by atoms with Gasteiger partial charge in [-0.25, -0.2) is 12.8 Å². The molecule has 0 spiro atoms. The first-order chi connectivity index (χ1) is 8.78. The molecule has 0 aromatic heterocycles. The molecular formula is C12H16Cl2FNO2S. The molecule has 0 radical (unpaired) electrons. The molecule has 108 valence electrons. The van der Waals surface area contributed by atoms with Crippen molar-refractivity contribution in [2.24, 2.45) is 0 Å². The lowest BCUT2D eigenvalue weighted by Crippen LogP contribution is -2.26. The van der Waals surface area contributed by atoms with Gasteiger partial charge in [-0.3, -0.25) is 0 Å². The molecule has 7 heteroatoms. The topological polar surface area (TPSA) is 46.2 Å². The first-order valence-corrected chi connectivity index (χ1v) is 8.43. The van der Waals surface area contributed by atoms with Crippen molar-refractivity contribution in [3.8, 4) is 0 Å². The van der Waals surface area contributed by atoms with Gasteiger partial charge in [0.2, 0.25) is 0 Å². The molecule has 3 nitrogen and oxygen atoms in total. The number of sulfone groups is 1. The van der Waals surface area contributed by atoms with Gasteiger partial charge in [-0.1, -0.05) is 30.1 Å². The lowest BCUT2D eigenvalue weighted by Gasteiger charge is -2.17. The van der Waals surface area contributed by atoms with Crippen molar-refractivity contribution >= 4 is 33.0 Å². The summed E-state index contributed by atoms with van der Waals surface area (Å²) in [4.78, 5) is 0. The maximum Gasteiger partial charge on any atom is 0.151 e. The van der Waals surface area contributed by atoms with Gasteiger partial charge in [-0.15, -0.1) is 0 Å². The van der Waals surface area contributed by atoms with Crippen molar-refractivity contribution in [3.63, 3.8) is 0 Å². The fraction of sp³-hybridized carbons (Fsp3) is 0.500.